The molecule has 1 saturated heterocycles. The van der Waals surface area contributed by atoms with Gasteiger partial charge in [-0.25, -0.2) is 4.79 Å². The largest absolute Gasteiger partial charge is 0.417 e. The van der Waals surface area contributed by atoms with Crippen molar-refractivity contribution in [3.05, 3.63) is 51.1 Å². The Morgan fingerprint density at radius 2 is 1.88 bits per heavy atom. The van der Waals surface area contributed by atoms with Crippen LogP contribution in [0.25, 0.3) is 22.0 Å². The number of benzene rings is 1. The van der Waals surface area contributed by atoms with Crippen LogP contribution in [0.5, 0.6) is 0 Å². The number of thioether (sulfide) groups is 1. The first-order chi connectivity index (χ1) is 19.3. The third-order valence-corrected chi connectivity index (χ3v) is 9.58. The molecule has 9 nitrogen and oxygen atoms in total. The predicted octanol–water partition coefficient (Wildman–Crippen LogP) is 3.98. The highest BCUT2D eigenvalue weighted by Gasteiger charge is 2.40. The number of anilines is 1. The molecular formula is C27H28F3N5O4S2. The summed E-state index contributed by atoms with van der Waals surface area (Å²) in [4.78, 5) is 45.9. The quantitative estimate of drug-likeness (QED) is 0.437. The van der Waals surface area contributed by atoms with Crippen LogP contribution in [0.1, 0.15) is 29.1 Å². The summed E-state index contributed by atoms with van der Waals surface area (Å²) >= 11 is 2.13. The number of carbonyl (C=O) groups is 2. The number of halogens is 3. The van der Waals surface area contributed by atoms with Crippen molar-refractivity contribution in [3.63, 3.8) is 0 Å². The zero-order valence-corrected chi connectivity index (χ0v) is 24.2. The number of carbonyl (C=O) groups excluding carboxylic acids is 2. The van der Waals surface area contributed by atoms with Crippen molar-refractivity contribution in [2.45, 2.75) is 49.7 Å². The molecule has 2 aromatic heterocycles. The second kappa shape index (κ2) is 10.8. The minimum absolute atomic E-state index is 0.106. The summed E-state index contributed by atoms with van der Waals surface area (Å²) < 4.78 is 51.3. The van der Waals surface area contributed by atoms with Gasteiger partial charge in [0.05, 0.1) is 28.6 Å². The lowest BCUT2D eigenvalue weighted by molar-refractivity contribution is -0.137. The number of alkyl halides is 3. The van der Waals surface area contributed by atoms with E-state index in [1.165, 1.54) is 41.0 Å². The molecule has 2 amide bonds. The average Bonchev–Trinajstić information content (AvgIpc) is 3.31. The Bertz CT molecular complexity index is 1610. The molecule has 1 aromatic carbocycles. The van der Waals surface area contributed by atoms with E-state index >= 15 is 0 Å². The second-order valence-electron chi connectivity index (χ2n) is 10.1. The maximum absolute atomic E-state index is 14.8. The molecule has 3 aromatic rings. The zero-order valence-electron chi connectivity index (χ0n) is 22.5. The second-order valence-corrected chi connectivity index (χ2v) is 12.1. The smallest absolute Gasteiger partial charge is 0.379 e. The third-order valence-electron chi connectivity index (χ3n) is 7.42. The van der Waals surface area contributed by atoms with Gasteiger partial charge >= 0.3 is 11.9 Å². The van der Waals surface area contributed by atoms with Gasteiger partial charge in [-0.3, -0.25) is 14.2 Å². The first-order valence-corrected chi connectivity index (χ1v) is 14.6. The number of primary amides is 1. The first kappa shape index (κ1) is 29.1. The molecule has 0 radical (unpaired) electrons. The molecule has 0 saturated carbocycles. The van der Waals surface area contributed by atoms with Crippen molar-refractivity contribution in [2.75, 3.05) is 30.9 Å². The van der Waals surface area contributed by atoms with E-state index in [9.17, 15) is 27.6 Å². The Morgan fingerprint density at radius 3 is 2.44 bits per heavy atom. The topological polar surface area (TPSA) is 111 Å². The lowest BCUT2D eigenvalue weighted by Gasteiger charge is -2.44. The van der Waals surface area contributed by atoms with Crippen LogP contribution in [0.3, 0.4) is 0 Å². The fraction of sp³-hybridized carbons (Fsp3) is 0.407. The van der Waals surface area contributed by atoms with Gasteiger partial charge in [-0.1, -0.05) is 6.58 Å². The van der Waals surface area contributed by atoms with Crippen LogP contribution in [0, 0.1) is 0 Å². The van der Waals surface area contributed by atoms with Gasteiger partial charge in [-0.05, 0) is 43.0 Å². The Labute approximate surface area is 241 Å². The van der Waals surface area contributed by atoms with Gasteiger partial charge in [0.15, 0.2) is 0 Å². The highest BCUT2D eigenvalue weighted by Crippen LogP contribution is 2.49. The van der Waals surface area contributed by atoms with E-state index in [1.54, 1.807) is 9.80 Å². The molecule has 0 bridgehead atoms. The van der Waals surface area contributed by atoms with E-state index in [0.717, 1.165) is 17.4 Å². The summed E-state index contributed by atoms with van der Waals surface area (Å²) in [5.41, 5.74) is 4.27. The Kier molecular flexibility index (Phi) is 7.68. The molecular weight excluding hydrogens is 579 g/mol. The molecule has 0 aliphatic carbocycles. The van der Waals surface area contributed by atoms with Crippen LogP contribution in [-0.2, 0) is 22.3 Å². The van der Waals surface area contributed by atoms with Gasteiger partial charge in [-0.15, -0.1) is 23.1 Å². The highest BCUT2D eigenvalue weighted by molar-refractivity contribution is 7.99. The molecule has 1 unspecified atom stereocenters. The van der Waals surface area contributed by atoms with Crippen molar-refractivity contribution >= 4 is 51.6 Å². The Hall–Kier alpha value is -3.36. The predicted molar refractivity (Wildman–Crippen MR) is 153 cm³/mol. The van der Waals surface area contributed by atoms with E-state index in [-0.39, 0.29) is 69.7 Å². The first-order valence-electron chi connectivity index (χ1n) is 12.8. The molecule has 41 heavy (non-hydrogen) atoms. The number of rotatable bonds is 5. The minimum atomic E-state index is -4.77. The summed E-state index contributed by atoms with van der Waals surface area (Å²) in [6, 6.07) is 1.76. The van der Waals surface area contributed by atoms with E-state index < -0.39 is 29.4 Å². The number of piperazine rings is 1. The van der Waals surface area contributed by atoms with Crippen molar-refractivity contribution < 1.29 is 27.5 Å². The number of nitrogens with two attached hydrogens (primary N) is 1. The lowest BCUT2D eigenvalue weighted by atomic mass is 9.97. The summed E-state index contributed by atoms with van der Waals surface area (Å²) in [5.74, 6) is -0.569. The number of thiophene rings is 1. The molecule has 2 aliphatic heterocycles. The third kappa shape index (κ3) is 5.12. The lowest BCUT2D eigenvalue weighted by Crippen LogP contribution is -2.58. The maximum atomic E-state index is 14.8. The van der Waals surface area contributed by atoms with Crippen LogP contribution in [-0.4, -0.2) is 70.4 Å². The van der Waals surface area contributed by atoms with E-state index in [4.69, 9.17) is 10.5 Å². The van der Waals surface area contributed by atoms with E-state index in [1.807, 2.05) is 13.8 Å². The van der Waals surface area contributed by atoms with Gasteiger partial charge < -0.3 is 20.3 Å². The summed E-state index contributed by atoms with van der Waals surface area (Å²) in [5, 5.41) is 1.64. The van der Waals surface area contributed by atoms with Crippen LogP contribution < -0.4 is 16.3 Å². The van der Waals surface area contributed by atoms with Gasteiger partial charge in [-0.2, -0.15) is 18.2 Å². The summed E-state index contributed by atoms with van der Waals surface area (Å²) in [7, 11) is 1.48. The van der Waals surface area contributed by atoms with Crippen molar-refractivity contribution in [2.24, 2.45) is 5.73 Å². The molecule has 1 fully saturated rings. The van der Waals surface area contributed by atoms with Gasteiger partial charge in [0.25, 0.3) is 5.91 Å². The summed E-state index contributed by atoms with van der Waals surface area (Å²) in [6.45, 7) is 7.85. The van der Waals surface area contributed by atoms with Gasteiger partial charge in [0.1, 0.15) is 5.82 Å². The molecule has 5 rings (SSSR count). The van der Waals surface area contributed by atoms with Crippen molar-refractivity contribution in [1.29, 1.82) is 0 Å². The van der Waals surface area contributed by atoms with Crippen LogP contribution in [0.15, 0.2) is 39.9 Å². The van der Waals surface area contributed by atoms with Crippen LogP contribution in [0.4, 0.5) is 19.0 Å². The van der Waals surface area contributed by atoms with Crippen molar-refractivity contribution in [1.82, 2.24) is 14.5 Å². The van der Waals surface area contributed by atoms with Gasteiger partial charge in [0, 0.05) is 53.9 Å². The number of hydrogen-bond acceptors (Lipinski definition) is 8. The van der Waals surface area contributed by atoms with E-state index in [2.05, 4.69) is 11.6 Å². The van der Waals surface area contributed by atoms with Crippen LogP contribution >= 0.6 is 23.1 Å². The summed E-state index contributed by atoms with van der Waals surface area (Å²) in [6.07, 6.45) is -4.00. The molecule has 14 heteroatoms. The number of hydrogen-bond donors (Lipinski definition) is 1. The normalized spacial score (nSPS) is 21.2. The van der Waals surface area contributed by atoms with E-state index in [0.29, 0.717) is 11.3 Å². The molecule has 3 atom stereocenters. The number of aromatic nitrogens is 2. The number of amides is 2. The molecule has 2 N–H and O–H groups in total. The van der Waals surface area contributed by atoms with Gasteiger partial charge in [0.2, 0.25) is 5.91 Å². The Morgan fingerprint density at radius 1 is 1.20 bits per heavy atom. The van der Waals surface area contributed by atoms with Crippen LogP contribution in [0.2, 0.25) is 0 Å². The fourth-order valence-electron chi connectivity index (χ4n) is 5.66. The highest BCUT2D eigenvalue weighted by atomic mass is 32.2. The fourth-order valence-corrected chi connectivity index (χ4v) is 7.74. The molecule has 4 heterocycles. The SMILES string of the molecule is C=CC(=O)N1[C@H](C)CN(c2nc(=O)n3c4c(c(-c5csc(C(N)=O)c5)c(C(F)(F)F)cc24)SCC(OC)C3)C[C@@H]1C. The monoisotopic (exact) mass is 607 g/mol. The zero-order chi connectivity index (χ0) is 29.8. The molecule has 0 spiro atoms. The Balaban J connectivity index is 1.81. The number of methoxy groups -OCH3 is 1. The van der Waals surface area contributed by atoms with Crippen molar-refractivity contribution in [3.8, 4) is 11.1 Å². The number of nitrogens with zero attached hydrogens (tertiary/aromatic N) is 4. The minimum Gasteiger partial charge on any atom is -0.379 e. The molecule has 218 valence electrons. The standard InChI is InChI=1S/C27H28F3N5O4S2/c1-5-20(36)35-13(2)8-33(9-14(35)3)25-17-7-18(27(28,29)30)21(15-6-19(24(31)37)40-11-15)23-22(17)34(26(38)32-25)10-16(39-4)12-41-23/h5-7,11,13-14,16H,1,8-10,12H2,2-4H3,(H2,31,37)/t13-,14+,16?. The number of ether oxygens (including phenoxy) is 1. The molecule has 2 aliphatic rings. The maximum Gasteiger partial charge on any atom is 0.417 e. The average molecular weight is 608 g/mol.